The Balaban J connectivity index is 1.55. The first-order valence-corrected chi connectivity index (χ1v) is 16.0. The van der Waals surface area contributed by atoms with E-state index in [2.05, 4.69) is 5.32 Å². The number of amides is 2. The van der Waals surface area contributed by atoms with Crippen molar-refractivity contribution < 1.29 is 27.5 Å². The highest BCUT2D eigenvalue weighted by Crippen LogP contribution is 2.34. The van der Waals surface area contributed by atoms with Crippen LogP contribution in [0.25, 0.3) is 0 Å². The molecule has 0 fully saturated rings. The van der Waals surface area contributed by atoms with Crippen molar-refractivity contribution in [2.24, 2.45) is 0 Å². The molecule has 10 heteroatoms. The summed E-state index contributed by atoms with van der Waals surface area (Å²) in [7, 11) is -3.65. The molecule has 1 aliphatic heterocycles. The van der Waals surface area contributed by atoms with Gasteiger partial charge in [-0.05, 0) is 43.5 Å². The topological polar surface area (TPSA) is 105 Å². The fraction of sp³-hybridized carbons (Fsp3) is 0.375. The molecule has 1 N–H and O–H groups in total. The van der Waals surface area contributed by atoms with E-state index in [-0.39, 0.29) is 43.8 Å². The second-order valence-corrected chi connectivity index (χ2v) is 12.5. The van der Waals surface area contributed by atoms with Gasteiger partial charge in [0.15, 0.2) is 11.5 Å². The van der Waals surface area contributed by atoms with Crippen LogP contribution < -0.4 is 19.1 Å². The Morgan fingerprint density at radius 1 is 0.881 bits per heavy atom. The molecule has 1 atom stereocenters. The lowest BCUT2D eigenvalue weighted by atomic mass is 10.0. The molecule has 0 bridgehead atoms. The van der Waals surface area contributed by atoms with Gasteiger partial charge in [0.05, 0.1) is 11.9 Å². The van der Waals surface area contributed by atoms with Gasteiger partial charge in [-0.3, -0.25) is 13.9 Å². The van der Waals surface area contributed by atoms with Gasteiger partial charge in [0.25, 0.3) is 0 Å². The van der Waals surface area contributed by atoms with Gasteiger partial charge in [-0.25, -0.2) is 8.42 Å². The third kappa shape index (κ3) is 8.48. The fourth-order valence-corrected chi connectivity index (χ4v) is 5.86. The van der Waals surface area contributed by atoms with Crippen molar-refractivity contribution in [3.8, 4) is 11.5 Å². The van der Waals surface area contributed by atoms with E-state index in [1.54, 1.807) is 23.1 Å². The van der Waals surface area contributed by atoms with Gasteiger partial charge in [-0.1, -0.05) is 60.7 Å². The molecule has 0 saturated carbocycles. The lowest BCUT2D eigenvalue weighted by molar-refractivity contribution is -0.141. The molecule has 224 valence electrons. The summed E-state index contributed by atoms with van der Waals surface area (Å²) in [5, 5.41) is 2.98. The van der Waals surface area contributed by atoms with Crippen LogP contribution in [-0.2, 0) is 32.6 Å². The Kier molecular flexibility index (Phi) is 10.5. The van der Waals surface area contributed by atoms with E-state index in [0.29, 0.717) is 36.8 Å². The van der Waals surface area contributed by atoms with E-state index < -0.39 is 16.1 Å². The molecule has 0 aromatic heterocycles. The molecule has 3 aromatic rings. The smallest absolute Gasteiger partial charge is 0.243 e. The highest BCUT2D eigenvalue weighted by atomic mass is 32.2. The van der Waals surface area contributed by atoms with E-state index in [4.69, 9.17) is 9.47 Å². The van der Waals surface area contributed by atoms with Crippen molar-refractivity contribution in [3.05, 3.63) is 90.0 Å². The number of carbonyl (C=O) groups is 2. The highest BCUT2D eigenvalue weighted by Gasteiger charge is 2.31. The molecule has 0 spiro atoms. The lowest BCUT2D eigenvalue weighted by Gasteiger charge is -2.32. The maximum absolute atomic E-state index is 13.9. The summed E-state index contributed by atoms with van der Waals surface area (Å²) < 4.78 is 38.0. The molecule has 0 radical (unpaired) electrons. The number of fused-ring (bicyclic) bond motifs is 1. The van der Waals surface area contributed by atoms with Crippen molar-refractivity contribution in [1.29, 1.82) is 0 Å². The van der Waals surface area contributed by atoms with Crippen LogP contribution in [0.4, 0.5) is 5.69 Å². The number of rotatable bonds is 13. The molecular weight excluding hydrogens is 554 g/mol. The van der Waals surface area contributed by atoms with Crippen LogP contribution in [0.1, 0.15) is 37.8 Å². The predicted molar refractivity (Wildman–Crippen MR) is 163 cm³/mol. The summed E-state index contributed by atoms with van der Waals surface area (Å²) in [5.41, 5.74) is 2.28. The Bertz CT molecular complexity index is 1450. The summed E-state index contributed by atoms with van der Waals surface area (Å²) in [6, 6.07) is 23.3. The first-order chi connectivity index (χ1) is 20.1. The minimum absolute atomic E-state index is 0.0592. The number of nitrogens with one attached hydrogen (secondary N) is 1. The molecule has 2 amide bonds. The van der Waals surface area contributed by atoms with Gasteiger partial charge in [-0.2, -0.15) is 0 Å². The van der Waals surface area contributed by atoms with Crippen LogP contribution in [-0.4, -0.2) is 63.2 Å². The Morgan fingerprint density at radius 2 is 1.50 bits per heavy atom. The van der Waals surface area contributed by atoms with Gasteiger partial charge in [0, 0.05) is 38.0 Å². The highest BCUT2D eigenvalue weighted by molar-refractivity contribution is 7.92. The third-order valence-electron chi connectivity index (χ3n) is 6.86. The quantitative estimate of drug-likeness (QED) is 0.319. The van der Waals surface area contributed by atoms with Crippen molar-refractivity contribution in [2.75, 3.05) is 30.3 Å². The zero-order valence-corrected chi connectivity index (χ0v) is 25.2. The van der Waals surface area contributed by atoms with E-state index in [1.165, 1.54) is 4.31 Å². The molecule has 0 aliphatic carbocycles. The zero-order chi connectivity index (χ0) is 30.1. The molecule has 3 aromatic carbocycles. The minimum atomic E-state index is -3.65. The number of ether oxygens (including phenoxy) is 2. The molecule has 0 saturated heterocycles. The molecule has 1 unspecified atom stereocenters. The van der Waals surface area contributed by atoms with Gasteiger partial charge in [0.2, 0.25) is 21.8 Å². The zero-order valence-electron chi connectivity index (χ0n) is 24.4. The molecule has 1 aliphatic rings. The second kappa shape index (κ2) is 14.2. The number of nitrogens with zero attached hydrogens (tertiary/aromatic N) is 2. The SMILES string of the molecule is CC(C)NC(=O)C(Cc1ccccc1)N(Cc1ccccc1)C(=O)CCCN(c1ccc2c(c1)OCCO2)S(C)(=O)=O. The summed E-state index contributed by atoms with van der Waals surface area (Å²) >= 11 is 0. The van der Waals surface area contributed by atoms with Crippen molar-refractivity contribution in [1.82, 2.24) is 10.2 Å². The summed E-state index contributed by atoms with van der Waals surface area (Å²) in [4.78, 5) is 29.0. The van der Waals surface area contributed by atoms with Gasteiger partial charge < -0.3 is 19.7 Å². The molecule has 9 nitrogen and oxygen atoms in total. The van der Waals surface area contributed by atoms with Crippen LogP contribution in [0.2, 0.25) is 0 Å². The third-order valence-corrected chi connectivity index (χ3v) is 8.06. The van der Waals surface area contributed by atoms with Crippen molar-refractivity contribution in [2.45, 2.75) is 51.7 Å². The summed E-state index contributed by atoms with van der Waals surface area (Å²) in [5.74, 6) is 0.591. The number of carbonyl (C=O) groups excluding carboxylic acids is 2. The average Bonchev–Trinajstić information content (AvgIpc) is 2.97. The minimum Gasteiger partial charge on any atom is -0.486 e. The number of anilines is 1. The first kappa shape index (κ1) is 30.9. The Labute approximate surface area is 248 Å². The number of benzene rings is 3. The van der Waals surface area contributed by atoms with Crippen LogP contribution in [0.15, 0.2) is 78.9 Å². The number of hydrogen-bond acceptors (Lipinski definition) is 6. The van der Waals surface area contributed by atoms with Gasteiger partial charge >= 0.3 is 0 Å². The number of hydrogen-bond donors (Lipinski definition) is 1. The van der Waals surface area contributed by atoms with E-state index >= 15 is 0 Å². The lowest BCUT2D eigenvalue weighted by Crippen LogP contribution is -2.51. The van der Waals surface area contributed by atoms with E-state index in [1.807, 2.05) is 74.5 Å². The second-order valence-electron chi connectivity index (χ2n) is 10.6. The Morgan fingerprint density at radius 3 is 2.12 bits per heavy atom. The molecular formula is C32H39N3O6S. The van der Waals surface area contributed by atoms with Crippen LogP contribution in [0.5, 0.6) is 11.5 Å². The molecule has 1 heterocycles. The van der Waals surface area contributed by atoms with Crippen LogP contribution in [0.3, 0.4) is 0 Å². The average molecular weight is 594 g/mol. The van der Waals surface area contributed by atoms with Crippen molar-refractivity contribution >= 4 is 27.5 Å². The van der Waals surface area contributed by atoms with Gasteiger partial charge in [-0.15, -0.1) is 0 Å². The Hall–Kier alpha value is -4.05. The maximum Gasteiger partial charge on any atom is 0.243 e. The van der Waals surface area contributed by atoms with Gasteiger partial charge in [0.1, 0.15) is 19.3 Å². The number of sulfonamides is 1. The predicted octanol–water partition coefficient (Wildman–Crippen LogP) is 4.17. The normalized spacial score (nSPS) is 13.3. The van der Waals surface area contributed by atoms with E-state index in [0.717, 1.165) is 17.4 Å². The van der Waals surface area contributed by atoms with Crippen molar-refractivity contribution in [3.63, 3.8) is 0 Å². The maximum atomic E-state index is 13.9. The van der Waals surface area contributed by atoms with Crippen LogP contribution >= 0.6 is 0 Å². The summed E-state index contributed by atoms with van der Waals surface area (Å²) in [6.45, 7) is 4.93. The molecule has 42 heavy (non-hydrogen) atoms. The summed E-state index contributed by atoms with van der Waals surface area (Å²) in [6.07, 6.45) is 1.81. The molecule has 4 rings (SSSR count). The van der Waals surface area contributed by atoms with E-state index in [9.17, 15) is 18.0 Å². The first-order valence-electron chi connectivity index (χ1n) is 14.2. The standard InChI is InChI=1S/C32H39N3O6S/c1-24(2)33-32(37)28(21-25-11-6-4-7-12-25)34(23-26-13-8-5-9-14-26)31(36)15-10-18-35(42(3,38)39)27-16-17-29-30(22-27)41-20-19-40-29/h4-9,11-14,16-17,22,24,28H,10,15,18-21,23H2,1-3H3,(H,33,37). The van der Waals surface area contributed by atoms with Crippen LogP contribution in [0, 0.1) is 0 Å². The fourth-order valence-electron chi connectivity index (χ4n) is 4.91. The monoisotopic (exact) mass is 593 g/mol. The largest absolute Gasteiger partial charge is 0.486 e.